The monoisotopic (exact) mass is 476 g/mol. The van der Waals surface area contributed by atoms with Crippen LogP contribution >= 0.6 is 0 Å². The van der Waals surface area contributed by atoms with Crippen LogP contribution in [0.5, 0.6) is 0 Å². The summed E-state index contributed by atoms with van der Waals surface area (Å²) in [4.78, 5) is 32.6. The van der Waals surface area contributed by atoms with E-state index in [-0.39, 0.29) is 22.6 Å². The van der Waals surface area contributed by atoms with E-state index in [1.165, 1.54) is 30.9 Å². The zero-order chi connectivity index (χ0) is 23.6. The number of carbonyl (C=O) groups is 2. The molecule has 0 aliphatic carbocycles. The van der Waals surface area contributed by atoms with Crippen molar-refractivity contribution >= 4 is 27.5 Å². The van der Waals surface area contributed by atoms with Gasteiger partial charge in [-0.25, -0.2) is 12.7 Å². The molecule has 2 amide bonds. The number of benzene rings is 1. The predicted molar refractivity (Wildman–Crippen MR) is 128 cm³/mol. The maximum atomic E-state index is 13.6. The molecule has 1 aromatic carbocycles. The van der Waals surface area contributed by atoms with Gasteiger partial charge >= 0.3 is 0 Å². The fourth-order valence-corrected chi connectivity index (χ4v) is 6.09. The van der Waals surface area contributed by atoms with Crippen molar-refractivity contribution in [2.24, 2.45) is 5.92 Å². The van der Waals surface area contributed by atoms with E-state index in [1.807, 2.05) is 4.90 Å². The number of rotatable bonds is 5. The van der Waals surface area contributed by atoms with Gasteiger partial charge in [-0.05, 0) is 63.1 Å². The van der Waals surface area contributed by atoms with E-state index < -0.39 is 10.0 Å². The molecule has 3 saturated heterocycles. The zero-order valence-corrected chi connectivity index (χ0v) is 20.6. The Morgan fingerprint density at radius 2 is 1.45 bits per heavy atom. The van der Waals surface area contributed by atoms with Crippen LogP contribution in [0, 0.1) is 5.92 Å². The van der Waals surface area contributed by atoms with Gasteiger partial charge < -0.3 is 14.7 Å². The summed E-state index contributed by atoms with van der Waals surface area (Å²) >= 11 is 0. The smallest absolute Gasteiger partial charge is 0.256 e. The summed E-state index contributed by atoms with van der Waals surface area (Å²) in [6.07, 6.45) is 6.80. The highest BCUT2D eigenvalue weighted by Crippen LogP contribution is 2.31. The number of carbonyl (C=O) groups excluding carboxylic acids is 2. The summed E-state index contributed by atoms with van der Waals surface area (Å²) < 4.78 is 26.6. The Morgan fingerprint density at radius 1 is 0.848 bits per heavy atom. The first-order valence-electron chi connectivity index (χ1n) is 12.2. The van der Waals surface area contributed by atoms with Crippen LogP contribution in [0.15, 0.2) is 23.1 Å². The van der Waals surface area contributed by atoms with E-state index in [0.29, 0.717) is 31.5 Å². The Balaban J connectivity index is 1.52. The van der Waals surface area contributed by atoms with Gasteiger partial charge in [0.25, 0.3) is 5.91 Å². The fraction of sp³-hybridized carbons (Fsp3) is 0.667. The van der Waals surface area contributed by atoms with Gasteiger partial charge in [0.2, 0.25) is 15.9 Å². The standard InChI is InChI=1S/C24H36N4O4S/c1-25(2)33(31,32)20-8-9-22(26-12-6-7-13-26)21(18-20)24(30)28-16-10-19(11-17-28)23(29)27-14-4-3-5-15-27/h8-9,18-19H,3-7,10-17H2,1-2H3. The molecule has 0 unspecified atom stereocenters. The molecule has 3 aliphatic rings. The number of sulfonamides is 1. The van der Waals surface area contributed by atoms with Gasteiger partial charge in [-0.1, -0.05) is 0 Å². The molecule has 0 saturated carbocycles. The molecule has 4 rings (SSSR count). The topological polar surface area (TPSA) is 81.2 Å². The molecule has 3 aliphatic heterocycles. The summed E-state index contributed by atoms with van der Waals surface area (Å²) in [5.41, 5.74) is 1.25. The van der Waals surface area contributed by atoms with Crippen LogP contribution in [-0.2, 0) is 14.8 Å². The van der Waals surface area contributed by atoms with Gasteiger partial charge in [0.1, 0.15) is 0 Å². The molecule has 1 aromatic rings. The SMILES string of the molecule is CN(C)S(=O)(=O)c1ccc(N2CCCC2)c(C(=O)N2CCC(C(=O)N3CCCCC3)CC2)c1. The number of anilines is 1. The molecule has 3 fully saturated rings. The normalized spacial score (nSPS) is 20.5. The highest BCUT2D eigenvalue weighted by Gasteiger charge is 2.33. The van der Waals surface area contributed by atoms with Crippen molar-refractivity contribution in [3.8, 4) is 0 Å². The molecule has 0 aromatic heterocycles. The number of amides is 2. The van der Waals surface area contributed by atoms with E-state index >= 15 is 0 Å². The van der Waals surface area contributed by atoms with Gasteiger partial charge in [0, 0.05) is 65.0 Å². The quantitative estimate of drug-likeness (QED) is 0.652. The van der Waals surface area contributed by atoms with Crippen LogP contribution in [0.2, 0.25) is 0 Å². The van der Waals surface area contributed by atoms with Crippen LogP contribution in [-0.4, -0.2) is 87.7 Å². The Hall–Kier alpha value is -2.13. The maximum Gasteiger partial charge on any atom is 0.256 e. The Labute approximate surface area is 197 Å². The van der Waals surface area contributed by atoms with Gasteiger partial charge in [0.15, 0.2) is 0 Å². The number of nitrogens with zero attached hydrogens (tertiary/aromatic N) is 4. The van der Waals surface area contributed by atoms with Crippen molar-refractivity contribution in [2.75, 3.05) is 58.3 Å². The minimum Gasteiger partial charge on any atom is -0.371 e. The van der Waals surface area contributed by atoms with Crippen LogP contribution in [0.3, 0.4) is 0 Å². The summed E-state index contributed by atoms with van der Waals surface area (Å²) in [6, 6.07) is 4.92. The molecular weight excluding hydrogens is 440 g/mol. The van der Waals surface area contributed by atoms with E-state index in [0.717, 1.165) is 57.5 Å². The minimum absolute atomic E-state index is 0.0225. The Bertz CT molecular complexity index is 974. The molecule has 0 radical (unpaired) electrons. The van der Waals surface area contributed by atoms with E-state index in [4.69, 9.17) is 0 Å². The first-order chi connectivity index (χ1) is 15.8. The third-order valence-electron chi connectivity index (χ3n) is 7.22. The lowest BCUT2D eigenvalue weighted by Crippen LogP contribution is -2.46. The number of hydrogen-bond donors (Lipinski definition) is 0. The van der Waals surface area contributed by atoms with Gasteiger partial charge in [0.05, 0.1) is 10.5 Å². The molecular formula is C24H36N4O4S. The number of likely N-dealkylation sites (tertiary alicyclic amines) is 2. The first kappa shape index (κ1) is 24.0. The molecule has 33 heavy (non-hydrogen) atoms. The summed E-state index contributed by atoms with van der Waals surface area (Å²) in [5, 5.41) is 0. The molecule has 182 valence electrons. The lowest BCUT2D eigenvalue weighted by Gasteiger charge is -2.36. The van der Waals surface area contributed by atoms with Crippen molar-refractivity contribution in [2.45, 2.75) is 49.8 Å². The summed E-state index contributed by atoms with van der Waals surface area (Å²) in [6.45, 7) is 4.48. The molecule has 0 N–H and O–H groups in total. The zero-order valence-electron chi connectivity index (χ0n) is 19.8. The third-order valence-corrected chi connectivity index (χ3v) is 9.03. The Morgan fingerprint density at radius 3 is 2.06 bits per heavy atom. The second-order valence-corrected chi connectivity index (χ2v) is 11.8. The van der Waals surface area contributed by atoms with E-state index in [1.54, 1.807) is 17.0 Å². The van der Waals surface area contributed by atoms with Crippen molar-refractivity contribution in [1.29, 1.82) is 0 Å². The minimum atomic E-state index is -3.64. The number of hydrogen-bond acceptors (Lipinski definition) is 5. The van der Waals surface area contributed by atoms with Gasteiger partial charge in [-0.3, -0.25) is 9.59 Å². The van der Waals surface area contributed by atoms with Crippen LogP contribution in [0.4, 0.5) is 5.69 Å². The average Bonchev–Trinajstić information content (AvgIpc) is 3.38. The second kappa shape index (κ2) is 10.0. The average molecular weight is 477 g/mol. The third kappa shape index (κ3) is 5.04. The van der Waals surface area contributed by atoms with Crippen molar-refractivity contribution in [1.82, 2.24) is 14.1 Å². The second-order valence-electron chi connectivity index (χ2n) is 9.61. The van der Waals surface area contributed by atoms with Crippen LogP contribution in [0.1, 0.15) is 55.3 Å². The molecule has 8 nitrogen and oxygen atoms in total. The molecule has 9 heteroatoms. The maximum absolute atomic E-state index is 13.6. The van der Waals surface area contributed by atoms with Gasteiger partial charge in [-0.15, -0.1) is 0 Å². The Kier molecular flexibility index (Phi) is 7.28. The van der Waals surface area contributed by atoms with Crippen molar-refractivity contribution < 1.29 is 18.0 Å². The number of piperidine rings is 2. The van der Waals surface area contributed by atoms with Gasteiger partial charge in [-0.2, -0.15) is 0 Å². The summed E-state index contributed by atoms with van der Waals surface area (Å²) in [5.74, 6) is 0.0702. The summed E-state index contributed by atoms with van der Waals surface area (Å²) in [7, 11) is -0.652. The van der Waals surface area contributed by atoms with Crippen molar-refractivity contribution in [3.63, 3.8) is 0 Å². The van der Waals surface area contributed by atoms with Crippen LogP contribution < -0.4 is 4.90 Å². The predicted octanol–water partition coefficient (Wildman–Crippen LogP) is 2.40. The highest BCUT2D eigenvalue weighted by atomic mass is 32.2. The first-order valence-corrected chi connectivity index (χ1v) is 13.6. The molecule has 0 atom stereocenters. The lowest BCUT2D eigenvalue weighted by atomic mass is 9.93. The lowest BCUT2D eigenvalue weighted by molar-refractivity contribution is -0.137. The van der Waals surface area contributed by atoms with Crippen LogP contribution in [0.25, 0.3) is 0 Å². The molecule has 3 heterocycles. The van der Waals surface area contributed by atoms with Crippen molar-refractivity contribution in [3.05, 3.63) is 23.8 Å². The highest BCUT2D eigenvalue weighted by molar-refractivity contribution is 7.89. The molecule has 0 spiro atoms. The fourth-order valence-electron chi connectivity index (χ4n) is 5.16. The van der Waals surface area contributed by atoms with E-state index in [9.17, 15) is 18.0 Å². The molecule has 0 bridgehead atoms. The largest absolute Gasteiger partial charge is 0.371 e. The van der Waals surface area contributed by atoms with E-state index in [2.05, 4.69) is 4.90 Å².